The standard InChI is InChI=1S/C19H22N10O/c1-12-15(11-30-16-10-17(20)22-19-18(16)23-27-24-19)26-29(25-12)14-4-2-13(3-5-14)28-8-6-21-7-9-28/h2-5,10,21H,6-9,11H2,1H3,(H3,20,22,23,24,27). The number of fused-ring (bicyclic) bond motifs is 1. The molecule has 4 N–H and O–H groups in total. The van der Waals surface area contributed by atoms with Crippen LogP contribution in [0.4, 0.5) is 11.5 Å². The number of hydrogen-bond acceptors (Lipinski definition) is 9. The monoisotopic (exact) mass is 406 g/mol. The molecule has 1 aliphatic rings. The minimum Gasteiger partial charge on any atom is -0.485 e. The maximum atomic E-state index is 5.90. The van der Waals surface area contributed by atoms with E-state index in [0.29, 0.717) is 22.7 Å². The number of nitrogens with one attached hydrogen (secondary N) is 2. The van der Waals surface area contributed by atoms with Gasteiger partial charge in [-0.15, -0.1) is 10.2 Å². The van der Waals surface area contributed by atoms with Crippen molar-refractivity contribution < 1.29 is 4.74 Å². The molecule has 4 heterocycles. The van der Waals surface area contributed by atoms with Crippen LogP contribution >= 0.6 is 0 Å². The molecule has 0 atom stereocenters. The van der Waals surface area contributed by atoms with Crippen molar-refractivity contribution in [2.75, 3.05) is 36.8 Å². The van der Waals surface area contributed by atoms with Gasteiger partial charge in [0.1, 0.15) is 18.1 Å². The Morgan fingerprint density at radius 2 is 1.87 bits per heavy atom. The highest BCUT2D eigenvalue weighted by Gasteiger charge is 2.14. The molecule has 1 fully saturated rings. The van der Waals surface area contributed by atoms with Crippen LogP contribution in [0.15, 0.2) is 30.3 Å². The molecule has 1 aromatic carbocycles. The summed E-state index contributed by atoms with van der Waals surface area (Å²) in [5, 5.41) is 22.9. The Bertz CT molecular complexity index is 1160. The van der Waals surface area contributed by atoms with Crippen LogP contribution in [-0.2, 0) is 6.61 Å². The molecule has 1 aliphatic heterocycles. The maximum absolute atomic E-state index is 5.90. The number of nitrogens with zero attached hydrogens (tertiary/aromatic N) is 7. The molecule has 3 aromatic heterocycles. The average molecular weight is 406 g/mol. The summed E-state index contributed by atoms with van der Waals surface area (Å²) in [6.07, 6.45) is 0. The van der Waals surface area contributed by atoms with Crippen molar-refractivity contribution in [3.8, 4) is 11.4 Å². The van der Waals surface area contributed by atoms with E-state index in [1.165, 1.54) is 5.69 Å². The Kier molecular flexibility index (Phi) is 4.64. The van der Waals surface area contributed by atoms with Crippen molar-refractivity contribution >= 4 is 22.7 Å². The summed E-state index contributed by atoms with van der Waals surface area (Å²) in [7, 11) is 0. The van der Waals surface area contributed by atoms with Gasteiger partial charge in [-0.25, -0.2) is 10.1 Å². The summed E-state index contributed by atoms with van der Waals surface area (Å²) in [6, 6.07) is 9.90. The highest BCUT2D eigenvalue weighted by Crippen LogP contribution is 2.24. The van der Waals surface area contributed by atoms with Crippen LogP contribution in [0, 0.1) is 6.92 Å². The SMILES string of the molecule is Cc1nn(-c2ccc(N3CCNCC3)cc2)nc1COc1cc(N)nc2[nH]nnc12. The molecule has 1 saturated heterocycles. The van der Waals surface area contributed by atoms with E-state index in [1.54, 1.807) is 10.9 Å². The largest absolute Gasteiger partial charge is 0.485 e. The van der Waals surface area contributed by atoms with Gasteiger partial charge in [0.25, 0.3) is 0 Å². The van der Waals surface area contributed by atoms with E-state index < -0.39 is 0 Å². The van der Waals surface area contributed by atoms with Gasteiger partial charge in [0.05, 0.1) is 11.4 Å². The zero-order chi connectivity index (χ0) is 20.5. The molecular weight excluding hydrogens is 384 g/mol. The van der Waals surface area contributed by atoms with Crippen molar-refractivity contribution in [1.82, 2.24) is 40.7 Å². The molecule has 0 aliphatic carbocycles. The van der Waals surface area contributed by atoms with E-state index in [9.17, 15) is 0 Å². The van der Waals surface area contributed by atoms with Crippen LogP contribution in [0.25, 0.3) is 16.9 Å². The topological polar surface area (TPSA) is 136 Å². The molecule has 0 amide bonds. The predicted octanol–water partition coefficient (Wildman–Crippen LogP) is 0.813. The number of hydrogen-bond donors (Lipinski definition) is 3. The fourth-order valence-corrected chi connectivity index (χ4v) is 3.46. The van der Waals surface area contributed by atoms with Gasteiger partial charge in [0, 0.05) is 37.9 Å². The van der Waals surface area contributed by atoms with Crippen molar-refractivity contribution in [3.05, 3.63) is 41.7 Å². The molecule has 0 unspecified atom stereocenters. The van der Waals surface area contributed by atoms with Gasteiger partial charge in [-0.2, -0.15) is 9.90 Å². The van der Waals surface area contributed by atoms with Gasteiger partial charge < -0.3 is 20.7 Å². The molecule has 0 spiro atoms. The number of nitrogen functional groups attached to an aromatic ring is 1. The van der Waals surface area contributed by atoms with Crippen molar-refractivity contribution in [1.29, 1.82) is 0 Å². The molecular formula is C19H22N10O. The van der Waals surface area contributed by atoms with Crippen LogP contribution in [0.5, 0.6) is 5.75 Å². The first-order valence-electron chi connectivity index (χ1n) is 9.76. The van der Waals surface area contributed by atoms with Crippen LogP contribution in [0.1, 0.15) is 11.4 Å². The number of pyridine rings is 1. The van der Waals surface area contributed by atoms with Gasteiger partial charge in [-0.05, 0) is 31.2 Å². The molecule has 0 radical (unpaired) electrons. The molecule has 11 nitrogen and oxygen atoms in total. The van der Waals surface area contributed by atoms with Gasteiger partial charge in [-0.1, -0.05) is 5.21 Å². The lowest BCUT2D eigenvalue weighted by Crippen LogP contribution is -2.43. The maximum Gasteiger partial charge on any atom is 0.181 e. The smallest absolute Gasteiger partial charge is 0.181 e. The second-order valence-electron chi connectivity index (χ2n) is 7.12. The number of nitrogens with two attached hydrogens (primary N) is 1. The van der Waals surface area contributed by atoms with Crippen molar-refractivity contribution in [2.45, 2.75) is 13.5 Å². The Morgan fingerprint density at radius 1 is 1.10 bits per heavy atom. The summed E-state index contributed by atoms with van der Waals surface area (Å²) >= 11 is 0. The molecule has 0 saturated carbocycles. The van der Waals surface area contributed by atoms with Gasteiger partial charge in [0.2, 0.25) is 0 Å². The summed E-state index contributed by atoms with van der Waals surface area (Å²) in [5.41, 5.74) is 10.5. The summed E-state index contributed by atoms with van der Waals surface area (Å²) in [6.45, 7) is 6.18. The fourth-order valence-electron chi connectivity index (χ4n) is 3.46. The van der Waals surface area contributed by atoms with E-state index in [0.717, 1.165) is 43.3 Å². The van der Waals surface area contributed by atoms with Crippen LogP contribution in [0.2, 0.25) is 0 Å². The molecule has 5 rings (SSSR count). The van der Waals surface area contributed by atoms with E-state index in [1.807, 2.05) is 19.1 Å². The highest BCUT2D eigenvalue weighted by molar-refractivity contribution is 5.78. The Morgan fingerprint density at radius 3 is 2.67 bits per heavy atom. The van der Waals surface area contributed by atoms with E-state index in [4.69, 9.17) is 10.5 Å². The molecule has 0 bridgehead atoms. The molecule has 4 aromatic rings. The Balaban J connectivity index is 1.32. The fraction of sp³-hybridized carbons (Fsp3) is 0.316. The second-order valence-corrected chi connectivity index (χ2v) is 7.12. The van der Waals surface area contributed by atoms with Crippen molar-refractivity contribution in [2.24, 2.45) is 0 Å². The first-order valence-corrected chi connectivity index (χ1v) is 9.76. The highest BCUT2D eigenvalue weighted by atomic mass is 16.5. The third-order valence-electron chi connectivity index (χ3n) is 5.09. The number of piperazine rings is 1. The minimum absolute atomic E-state index is 0.232. The van der Waals surface area contributed by atoms with E-state index >= 15 is 0 Å². The molecule has 11 heteroatoms. The quantitative estimate of drug-likeness (QED) is 0.440. The Labute approximate surface area is 172 Å². The summed E-state index contributed by atoms with van der Waals surface area (Å²) < 4.78 is 5.90. The number of aryl methyl sites for hydroxylation is 1. The van der Waals surface area contributed by atoms with Crippen LogP contribution in [0.3, 0.4) is 0 Å². The third-order valence-corrected chi connectivity index (χ3v) is 5.09. The van der Waals surface area contributed by atoms with Crippen LogP contribution in [-0.4, -0.2) is 61.6 Å². The van der Waals surface area contributed by atoms with Gasteiger partial charge in [0.15, 0.2) is 16.9 Å². The normalized spacial score (nSPS) is 14.4. The number of rotatable bonds is 5. The predicted molar refractivity (Wildman–Crippen MR) is 112 cm³/mol. The lowest BCUT2D eigenvalue weighted by molar-refractivity contribution is 0.303. The van der Waals surface area contributed by atoms with E-state index in [2.05, 4.69) is 52.9 Å². The summed E-state index contributed by atoms with van der Waals surface area (Å²) in [5.74, 6) is 0.828. The number of anilines is 2. The first kappa shape index (κ1) is 18.3. The molecule has 30 heavy (non-hydrogen) atoms. The van der Waals surface area contributed by atoms with Gasteiger partial charge in [-0.3, -0.25) is 0 Å². The average Bonchev–Trinajstić information content (AvgIpc) is 3.39. The lowest BCUT2D eigenvalue weighted by atomic mass is 10.2. The first-order chi connectivity index (χ1) is 14.7. The number of H-pyrrole nitrogens is 1. The van der Waals surface area contributed by atoms with E-state index in [-0.39, 0.29) is 6.61 Å². The number of benzene rings is 1. The van der Waals surface area contributed by atoms with Crippen molar-refractivity contribution in [3.63, 3.8) is 0 Å². The number of ether oxygens (including phenoxy) is 1. The Hall–Kier alpha value is -3.73. The van der Waals surface area contributed by atoms with Gasteiger partial charge >= 0.3 is 0 Å². The third kappa shape index (κ3) is 3.50. The zero-order valence-corrected chi connectivity index (χ0v) is 16.5. The molecule has 154 valence electrons. The summed E-state index contributed by atoms with van der Waals surface area (Å²) in [4.78, 5) is 8.13. The minimum atomic E-state index is 0.232. The zero-order valence-electron chi connectivity index (χ0n) is 16.5. The lowest BCUT2D eigenvalue weighted by Gasteiger charge is -2.29. The number of aromatic nitrogens is 7. The van der Waals surface area contributed by atoms with Crippen LogP contribution < -0.4 is 20.7 Å². The number of aromatic amines is 1. The second kappa shape index (κ2) is 7.59.